The third-order valence-electron chi connectivity index (χ3n) is 1.09. The van der Waals surface area contributed by atoms with Crippen molar-refractivity contribution in [2.45, 2.75) is 6.42 Å². The summed E-state index contributed by atoms with van der Waals surface area (Å²) >= 11 is 0. The number of hydrogen-bond donors (Lipinski definition) is 1. The summed E-state index contributed by atoms with van der Waals surface area (Å²) in [5.41, 5.74) is 5.65. The largest absolute Gasteiger partial charge is 0.366 e. The van der Waals surface area contributed by atoms with Crippen LogP contribution in [0.3, 0.4) is 0 Å². The van der Waals surface area contributed by atoms with Gasteiger partial charge in [-0.05, 0) is 6.42 Å². The number of carbonyl (C=O) groups excluding carboxylic acids is 1. The molecule has 0 radical (unpaired) electrons. The van der Waals surface area contributed by atoms with Crippen LogP contribution in [-0.4, -0.2) is 5.91 Å². The van der Waals surface area contributed by atoms with Crippen molar-refractivity contribution in [1.82, 2.24) is 0 Å². The summed E-state index contributed by atoms with van der Waals surface area (Å²) in [5.74, 6) is -0.310. The number of primary amides is 1. The van der Waals surface area contributed by atoms with E-state index in [-0.39, 0.29) is 5.91 Å². The Balaban J connectivity index is 2.64. The van der Waals surface area contributed by atoms with Crippen LogP contribution in [-0.2, 0) is 4.79 Å². The highest BCUT2D eigenvalue weighted by Crippen LogP contribution is 2.07. The van der Waals surface area contributed by atoms with E-state index in [1.54, 1.807) is 6.08 Å². The van der Waals surface area contributed by atoms with Gasteiger partial charge in [-0.3, -0.25) is 4.79 Å². The highest BCUT2D eigenvalue weighted by molar-refractivity contribution is 5.93. The quantitative estimate of drug-likeness (QED) is 0.519. The van der Waals surface area contributed by atoms with Crippen LogP contribution >= 0.6 is 0 Å². The molecule has 0 heterocycles. The molecule has 0 aromatic rings. The summed E-state index contributed by atoms with van der Waals surface area (Å²) in [5, 5.41) is 0. The first-order valence-corrected chi connectivity index (χ1v) is 2.46. The van der Waals surface area contributed by atoms with E-state index in [0.717, 1.165) is 0 Å². The van der Waals surface area contributed by atoms with Gasteiger partial charge < -0.3 is 5.73 Å². The minimum atomic E-state index is -0.310. The average Bonchev–Trinajstić information content (AvgIpc) is 2.12. The minimum Gasteiger partial charge on any atom is -0.366 e. The van der Waals surface area contributed by atoms with Crippen molar-refractivity contribution < 1.29 is 4.79 Å². The monoisotopic (exact) mass is 109 g/mol. The smallest absolute Gasteiger partial charge is 0.244 e. The molecule has 2 N–H and O–H groups in total. The van der Waals surface area contributed by atoms with E-state index in [4.69, 9.17) is 5.73 Å². The van der Waals surface area contributed by atoms with E-state index >= 15 is 0 Å². The van der Waals surface area contributed by atoms with Gasteiger partial charge in [-0.2, -0.15) is 0 Å². The highest BCUT2D eigenvalue weighted by atomic mass is 16.1. The van der Waals surface area contributed by atoms with Gasteiger partial charge in [-0.25, -0.2) is 0 Å². The fourth-order valence-electron chi connectivity index (χ4n) is 0.630. The number of hydrogen-bond acceptors (Lipinski definition) is 1. The van der Waals surface area contributed by atoms with Gasteiger partial charge >= 0.3 is 0 Å². The topological polar surface area (TPSA) is 43.1 Å². The Hall–Kier alpha value is -1.05. The van der Waals surface area contributed by atoms with Crippen LogP contribution in [0.25, 0.3) is 0 Å². The van der Waals surface area contributed by atoms with Crippen LogP contribution in [0, 0.1) is 0 Å². The van der Waals surface area contributed by atoms with Gasteiger partial charge in [0.05, 0.1) is 0 Å². The average molecular weight is 109 g/mol. The molecule has 42 valence electrons. The molecule has 0 fully saturated rings. The van der Waals surface area contributed by atoms with E-state index < -0.39 is 0 Å². The predicted octanol–water partition coefficient (Wildman–Crippen LogP) is 0.358. The molecule has 1 rings (SSSR count). The zero-order valence-electron chi connectivity index (χ0n) is 4.42. The Morgan fingerprint density at radius 3 is 2.75 bits per heavy atom. The molecule has 8 heavy (non-hydrogen) atoms. The molecular formula is C6H7NO. The second-order valence-corrected chi connectivity index (χ2v) is 1.69. The van der Waals surface area contributed by atoms with Crippen molar-refractivity contribution in [3.63, 3.8) is 0 Å². The molecule has 2 heteroatoms. The number of allylic oxidation sites excluding steroid dienone is 3. The molecule has 1 aliphatic carbocycles. The zero-order valence-corrected chi connectivity index (χ0v) is 4.42. The maximum absolute atomic E-state index is 10.3. The number of nitrogens with two attached hydrogens (primary N) is 1. The fraction of sp³-hybridized carbons (Fsp3) is 0.167. The van der Waals surface area contributed by atoms with Crippen LogP contribution in [0.5, 0.6) is 0 Å². The Labute approximate surface area is 47.7 Å². The van der Waals surface area contributed by atoms with Crippen LogP contribution in [0.4, 0.5) is 0 Å². The van der Waals surface area contributed by atoms with Crippen LogP contribution in [0.1, 0.15) is 6.42 Å². The van der Waals surface area contributed by atoms with Gasteiger partial charge in [0, 0.05) is 5.57 Å². The van der Waals surface area contributed by atoms with Crippen LogP contribution in [0.15, 0.2) is 23.8 Å². The molecule has 1 amide bonds. The van der Waals surface area contributed by atoms with E-state index in [1.165, 1.54) is 0 Å². The summed E-state index contributed by atoms with van der Waals surface area (Å²) in [6.07, 6.45) is 6.18. The highest BCUT2D eigenvalue weighted by Gasteiger charge is 2.03. The normalized spacial score (nSPS) is 16.2. The van der Waals surface area contributed by atoms with E-state index in [2.05, 4.69) is 0 Å². The predicted molar refractivity (Wildman–Crippen MR) is 31.0 cm³/mol. The maximum atomic E-state index is 10.3. The maximum Gasteiger partial charge on any atom is 0.244 e. The van der Waals surface area contributed by atoms with Crippen molar-refractivity contribution in [2.24, 2.45) is 5.73 Å². The summed E-state index contributed by atoms with van der Waals surface area (Å²) < 4.78 is 0. The van der Waals surface area contributed by atoms with E-state index in [9.17, 15) is 4.79 Å². The molecule has 0 saturated heterocycles. The van der Waals surface area contributed by atoms with E-state index in [1.807, 2.05) is 12.2 Å². The fourth-order valence-corrected chi connectivity index (χ4v) is 0.630. The number of amides is 1. The first kappa shape index (κ1) is 5.09. The lowest BCUT2D eigenvalue weighted by atomic mass is 10.2. The zero-order chi connectivity index (χ0) is 5.98. The SMILES string of the molecule is NC(=O)C1=CC=CC1. The summed E-state index contributed by atoms with van der Waals surface area (Å²) in [6, 6.07) is 0. The van der Waals surface area contributed by atoms with Gasteiger partial charge in [-0.15, -0.1) is 0 Å². The summed E-state index contributed by atoms with van der Waals surface area (Å²) in [7, 11) is 0. The second-order valence-electron chi connectivity index (χ2n) is 1.69. The Morgan fingerprint density at radius 2 is 2.50 bits per heavy atom. The molecule has 2 nitrogen and oxygen atoms in total. The standard InChI is InChI=1S/C6H7NO/c7-6(8)5-3-1-2-4-5/h1-3H,4H2,(H2,7,8). The van der Waals surface area contributed by atoms with Gasteiger partial charge in [0.15, 0.2) is 0 Å². The third kappa shape index (κ3) is 0.780. The van der Waals surface area contributed by atoms with Crippen LogP contribution < -0.4 is 5.73 Å². The van der Waals surface area contributed by atoms with Gasteiger partial charge in [0.1, 0.15) is 0 Å². The van der Waals surface area contributed by atoms with Crippen molar-refractivity contribution in [3.05, 3.63) is 23.8 Å². The van der Waals surface area contributed by atoms with Gasteiger partial charge in [0.2, 0.25) is 5.91 Å². The third-order valence-corrected chi connectivity index (χ3v) is 1.09. The summed E-state index contributed by atoms with van der Waals surface area (Å²) in [6.45, 7) is 0. The van der Waals surface area contributed by atoms with Gasteiger partial charge in [-0.1, -0.05) is 18.2 Å². The molecule has 0 spiro atoms. The lowest BCUT2D eigenvalue weighted by Gasteiger charge is -1.88. The second kappa shape index (κ2) is 1.82. The molecule has 0 aliphatic heterocycles. The number of rotatable bonds is 1. The Bertz CT molecular complexity index is 167. The molecule has 0 bridgehead atoms. The number of carbonyl (C=O) groups is 1. The molecule has 0 unspecified atom stereocenters. The summed E-state index contributed by atoms with van der Waals surface area (Å²) in [4.78, 5) is 10.3. The van der Waals surface area contributed by atoms with Crippen molar-refractivity contribution in [2.75, 3.05) is 0 Å². The Morgan fingerprint density at radius 1 is 1.75 bits per heavy atom. The molecule has 0 saturated carbocycles. The van der Waals surface area contributed by atoms with E-state index in [0.29, 0.717) is 12.0 Å². The first-order chi connectivity index (χ1) is 3.80. The first-order valence-electron chi connectivity index (χ1n) is 2.46. The van der Waals surface area contributed by atoms with Crippen LogP contribution in [0.2, 0.25) is 0 Å². The molecule has 1 aliphatic rings. The van der Waals surface area contributed by atoms with Crippen molar-refractivity contribution in [1.29, 1.82) is 0 Å². The lowest BCUT2D eigenvalue weighted by molar-refractivity contribution is -0.114. The molecule has 0 atom stereocenters. The molecule has 0 aromatic heterocycles. The molecule has 0 aromatic carbocycles. The minimum absolute atomic E-state index is 0.310. The molecular weight excluding hydrogens is 102 g/mol. The Kier molecular flexibility index (Phi) is 1.16. The van der Waals surface area contributed by atoms with Crippen molar-refractivity contribution in [3.8, 4) is 0 Å². The van der Waals surface area contributed by atoms with Gasteiger partial charge in [0.25, 0.3) is 0 Å². The van der Waals surface area contributed by atoms with Crippen molar-refractivity contribution >= 4 is 5.91 Å². The lowest BCUT2D eigenvalue weighted by Crippen LogP contribution is -2.12.